The SMILES string of the molecule is C=C(C)C(=O)OCCCCCCCCCCCOc1ccc(/C=C(\C#N)c2ccc3c(c2)OCO3)cc1OC. The number of nitrogens with zero attached hydrogens (tertiary/aromatic N) is 1. The van der Waals surface area contributed by atoms with Crippen molar-refractivity contribution in [3.8, 4) is 29.1 Å². The largest absolute Gasteiger partial charge is 0.493 e. The van der Waals surface area contributed by atoms with Gasteiger partial charge < -0.3 is 23.7 Å². The molecule has 3 rings (SSSR count). The number of allylic oxidation sites excluding steroid dienone is 1. The maximum absolute atomic E-state index is 11.3. The van der Waals surface area contributed by atoms with Crippen molar-refractivity contribution < 1.29 is 28.5 Å². The van der Waals surface area contributed by atoms with Crippen LogP contribution in [0.4, 0.5) is 0 Å². The fourth-order valence-corrected chi connectivity index (χ4v) is 4.22. The number of benzene rings is 2. The number of hydrogen-bond donors (Lipinski definition) is 0. The van der Waals surface area contributed by atoms with E-state index in [0.717, 1.165) is 36.8 Å². The predicted molar refractivity (Wildman–Crippen MR) is 152 cm³/mol. The highest BCUT2D eigenvalue weighted by molar-refractivity contribution is 5.90. The molecular formula is C32H39NO6. The third kappa shape index (κ3) is 9.72. The Balaban J connectivity index is 1.33. The van der Waals surface area contributed by atoms with Crippen molar-refractivity contribution in [3.05, 3.63) is 59.7 Å². The average Bonchev–Trinajstić information content (AvgIpc) is 3.42. The van der Waals surface area contributed by atoms with Gasteiger partial charge in [-0.3, -0.25) is 0 Å². The molecule has 0 amide bonds. The maximum atomic E-state index is 11.3. The molecule has 208 valence electrons. The van der Waals surface area contributed by atoms with E-state index in [9.17, 15) is 10.1 Å². The Hall–Kier alpha value is -3.92. The lowest BCUT2D eigenvalue weighted by atomic mass is 10.0. The number of carbonyl (C=O) groups is 1. The summed E-state index contributed by atoms with van der Waals surface area (Å²) in [7, 11) is 1.62. The van der Waals surface area contributed by atoms with Gasteiger partial charge in [0, 0.05) is 5.57 Å². The molecule has 0 radical (unpaired) electrons. The summed E-state index contributed by atoms with van der Waals surface area (Å²) in [6.07, 6.45) is 12.0. The molecule has 0 aromatic heterocycles. The molecule has 0 spiro atoms. The second kappa shape index (κ2) is 16.1. The molecule has 7 heteroatoms. The highest BCUT2D eigenvalue weighted by Crippen LogP contribution is 2.35. The molecule has 1 heterocycles. The lowest BCUT2D eigenvalue weighted by Gasteiger charge is -2.11. The highest BCUT2D eigenvalue weighted by atomic mass is 16.7. The van der Waals surface area contributed by atoms with Crippen LogP contribution in [-0.2, 0) is 9.53 Å². The highest BCUT2D eigenvalue weighted by Gasteiger charge is 2.15. The van der Waals surface area contributed by atoms with E-state index in [2.05, 4.69) is 12.6 Å². The molecule has 39 heavy (non-hydrogen) atoms. The lowest BCUT2D eigenvalue weighted by molar-refractivity contribution is -0.139. The van der Waals surface area contributed by atoms with Gasteiger partial charge in [0.05, 0.1) is 32.0 Å². The first-order valence-electron chi connectivity index (χ1n) is 13.7. The van der Waals surface area contributed by atoms with Crippen LogP contribution in [0.2, 0.25) is 0 Å². The molecule has 0 saturated carbocycles. The van der Waals surface area contributed by atoms with Crippen LogP contribution >= 0.6 is 0 Å². The fourth-order valence-electron chi connectivity index (χ4n) is 4.22. The van der Waals surface area contributed by atoms with Gasteiger partial charge in [0.1, 0.15) is 0 Å². The van der Waals surface area contributed by atoms with Crippen LogP contribution in [0.25, 0.3) is 11.6 Å². The number of rotatable bonds is 17. The van der Waals surface area contributed by atoms with Crippen molar-refractivity contribution in [2.24, 2.45) is 0 Å². The molecule has 0 unspecified atom stereocenters. The topological polar surface area (TPSA) is 87.0 Å². The Bertz CT molecular complexity index is 1180. The van der Waals surface area contributed by atoms with E-state index >= 15 is 0 Å². The molecule has 1 aliphatic rings. The van der Waals surface area contributed by atoms with Crippen molar-refractivity contribution in [1.29, 1.82) is 5.26 Å². The molecule has 2 aromatic rings. The Morgan fingerprint density at radius 3 is 2.26 bits per heavy atom. The van der Waals surface area contributed by atoms with Crippen LogP contribution in [-0.4, -0.2) is 33.1 Å². The molecule has 2 aromatic carbocycles. The van der Waals surface area contributed by atoms with Gasteiger partial charge in [-0.25, -0.2) is 4.79 Å². The summed E-state index contributed by atoms with van der Waals surface area (Å²) in [6.45, 7) is 6.56. The molecule has 7 nitrogen and oxygen atoms in total. The van der Waals surface area contributed by atoms with Crippen LogP contribution in [0.15, 0.2) is 48.6 Å². The number of carbonyl (C=O) groups excluding carboxylic acids is 1. The van der Waals surface area contributed by atoms with Gasteiger partial charge in [0.25, 0.3) is 0 Å². The molecule has 0 bridgehead atoms. The minimum Gasteiger partial charge on any atom is -0.493 e. The standard InChI is InChI=1S/C32H39NO6/c1-24(2)32(34)37-18-12-10-8-6-4-5-7-9-11-17-36-28-15-13-25(20-30(28)35-3)19-27(22-33)26-14-16-29-31(21-26)39-23-38-29/h13-16,19-21H,1,4-12,17-18,23H2,2-3H3/b27-19+. The Morgan fingerprint density at radius 1 is 0.923 bits per heavy atom. The molecule has 0 aliphatic carbocycles. The monoisotopic (exact) mass is 533 g/mol. The third-order valence-electron chi connectivity index (χ3n) is 6.43. The number of nitriles is 1. The number of hydrogen-bond acceptors (Lipinski definition) is 7. The van der Waals surface area contributed by atoms with Gasteiger partial charge in [-0.2, -0.15) is 5.26 Å². The van der Waals surface area contributed by atoms with Gasteiger partial charge in [0.15, 0.2) is 23.0 Å². The first-order valence-corrected chi connectivity index (χ1v) is 13.7. The van der Waals surface area contributed by atoms with Crippen molar-refractivity contribution in [2.45, 2.75) is 64.7 Å². The van der Waals surface area contributed by atoms with Crippen LogP contribution in [0, 0.1) is 11.3 Å². The molecule has 0 fully saturated rings. The number of methoxy groups -OCH3 is 1. The molecule has 0 N–H and O–H groups in total. The molecule has 0 atom stereocenters. The van der Waals surface area contributed by atoms with Crippen LogP contribution in [0.5, 0.6) is 23.0 Å². The second-order valence-corrected chi connectivity index (χ2v) is 9.59. The zero-order valence-corrected chi connectivity index (χ0v) is 23.1. The zero-order valence-electron chi connectivity index (χ0n) is 23.1. The molecule has 1 aliphatic heterocycles. The normalized spacial score (nSPS) is 12.1. The summed E-state index contributed by atoms with van der Waals surface area (Å²) < 4.78 is 27.4. The van der Waals surface area contributed by atoms with Gasteiger partial charge in [-0.15, -0.1) is 0 Å². The first kappa shape index (κ1) is 29.6. The second-order valence-electron chi connectivity index (χ2n) is 9.59. The van der Waals surface area contributed by atoms with E-state index in [1.807, 2.05) is 42.5 Å². The number of unbranched alkanes of at least 4 members (excludes halogenated alkanes) is 8. The predicted octanol–water partition coefficient (Wildman–Crippen LogP) is 7.50. The van der Waals surface area contributed by atoms with Gasteiger partial charge in [-0.05, 0) is 67.3 Å². The van der Waals surface area contributed by atoms with Gasteiger partial charge in [-0.1, -0.05) is 57.6 Å². The Labute approximate surface area is 232 Å². The fraction of sp³-hybridized carbons (Fsp3) is 0.438. The maximum Gasteiger partial charge on any atom is 0.333 e. The summed E-state index contributed by atoms with van der Waals surface area (Å²) in [5.74, 6) is 2.37. The van der Waals surface area contributed by atoms with E-state index in [0.29, 0.717) is 47.4 Å². The number of fused-ring (bicyclic) bond motifs is 1. The van der Waals surface area contributed by atoms with E-state index < -0.39 is 0 Å². The summed E-state index contributed by atoms with van der Waals surface area (Å²) in [5, 5.41) is 9.72. The van der Waals surface area contributed by atoms with Crippen molar-refractivity contribution in [1.82, 2.24) is 0 Å². The van der Waals surface area contributed by atoms with Gasteiger partial charge >= 0.3 is 5.97 Å². The molecule has 0 saturated heterocycles. The smallest absolute Gasteiger partial charge is 0.333 e. The zero-order chi connectivity index (χ0) is 27.9. The van der Waals surface area contributed by atoms with Crippen molar-refractivity contribution in [2.75, 3.05) is 27.1 Å². The van der Waals surface area contributed by atoms with Crippen molar-refractivity contribution >= 4 is 17.6 Å². The Morgan fingerprint density at radius 2 is 1.59 bits per heavy atom. The van der Waals surface area contributed by atoms with Crippen LogP contribution < -0.4 is 18.9 Å². The van der Waals surface area contributed by atoms with Crippen molar-refractivity contribution in [3.63, 3.8) is 0 Å². The summed E-state index contributed by atoms with van der Waals surface area (Å²) in [5.41, 5.74) is 2.59. The quantitative estimate of drug-likeness (QED) is 0.0684. The van der Waals surface area contributed by atoms with Crippen LogP contribution in [0.1, 0.15) is 75.8 Å². The lowest BCUT2D eigenvalue weighted by Crippen LogP contribution is -2.05. The van der Waals surface area contributed by atoms with Gasteiger partial charge in [0.2, 0.25) is 6.79 Å². The average molecular weight is 534 g/mol. The Kier molecular flexibility index (Phi) is 12.3. The van der Waals surface area contributed by atoms with E-state index in [-0.39, 0.29) is 12.8 Å². The summed E-state index contributed by atoms with van der Waals surface area (Å²) >= 11 is 0. The molecular weight excluding hydrogens is 494 g/mol. The summed E-state index contributed by atoms with van der Waals surface area (Å²) in [6, 6.07) is 13.4. The minimum absolute atomic E-state index is 0.196. The summed E-state index contributed by atoms with van der Waals surface area (Å²) in [4.78, 5) is 11.3. The van der Waals surface area contributed by atoms with E-state index in [4.69, 9.17) is 23.7 Å². The first-order chi connectivity index (χ1) is 19.0. The minimum atomic E-state index is -0.297. The van der Waals surface area contributed by atoms with E-state index in [1.165, 1.54) is 32.1 Å². The van der Waals surface area contributed by atoms with Crippen LogP contribution in [0.3, 0.4) is 0 Å². The third-order valence-corrected chi connectivity index (χ3v) is 6.43. The number of ether oxygens (including phenoxy) is 5. The number of esters is 1. The van der Waals surface area contributed by atoms with E-state index in [1.54, 1.807) is 14.0 Å².